The smallest absolute Gasteiger partial charge is 0.325 e. The van der Waals surface area contributed by atoms with E-state index >= 15 is 0 Å². The highest BCUT2D eigenvalue weighted by Crippen LogP contribution is 2.14. The van der Waals surface area contributed by atoms with Crippen molar-refractivity contribution >= 4 is 17.8 Å². The molecule has 108 valence electrons. The maximum absolute atomic E-state index is 12.1. The predicted octanol–water partition coefficient (Wildman–Crippen LogP) is 0.821. The first-order chi connectivity index (χ1) is 8.90. The zero-order chi connectivity index (χ0) is 14.6. The first-order valence-electron chi connectivity index (χ1n) is 6.80. The van der Waals surface area contributed by atoms with E-state index in [4.69, 9.17) is 0 Å². The van der Waals surface area contributed by atoms with Gasteiger partial charge in [0.2, 0.25) is 5.91 Å². The minimum atomic E-state index is -0.489. The zero-order valence-corrected chi connectivity index (χ0v) is 12.1. The highest BCUT2D eigenvalue weighted by Gasteiger charge is 2.39. The van der Waals surface area contributed by atoms with E-state index in [9.17, 15) is 14.4 Å². The lowest BCUT2D eigenvalue weighted by Crippen LogP contribution is -2.43. The molecule has 6 nitrogen and oxygen atoms in total. The van der Waals surface area contributed by atoms with Crippen LogP contribution in [0.5, 0.6) is 0 Å². The Labute approximate surface area is 114 Å². The third kappa shape index (κ3) is 3.68. The van der Waals surface area contributed by atoms with Crippen LogP contribution in [0.15, 0.2) is 0 Å². The Bertz CT molecular complexity index is 364. The van der Waals surface area contributed by atoms with Gasteiger partial charge in [-0.05, 0) is 26.2 Å². The Balaban J connectivity index is 2.66. The van der Waals surface area contributed by atoms with Crippen molar-refractivity contribution in [3.05, 3.63) is 0 Å². The third-order valence-electron chi connectivity index (χ3n) is 3.22. The average molecular weight is 269 g/mol. The summed E-state index contributed by atoms with van der Waals surface area (Å²) in [7, 11) is 0. The third-order valence-corrected chi connectivity index (χ3v) is 3.22. The van der Waals surface area contributed by atoms with Gasteiger partial charge in [-0.3, -0.25) is 14.5 Å². The second-order valence-corrected chi connectivity index (χ2v) is 5.12. The van der Waals surface area contributed by atoms with Crippen molar-refractivity contribution in [1.29, 1.82) is 0 Å². The van der Waals surface area contributed by atoms with Crippen molar-refractivity contribution in [3.63, 3.8) is 0 Å². The van der Waals surface area contributed by atoms with Crippen molar-refractivity contribution in [2.45, 2.75) is 40.2 Å². The van der Waals surface area contributed by atoms with Gasteiger partial charge >= 0.3 is 6.03 Å². The standard InChI is InChI=1S/C13H23N3O3/c1-5-15(6-2)11(17)8-16-12(18)10(7-9(3)4)14-13(16)19/h9-10H,5-8H2,1-4H3,(H,14,19). The zero-order valence-electron chi connectivity index (χ0n) is 12.1. The van der Waals surface area contributed by atoms with E-state index in [1.165, 1.54) is 0 Å². The van der Waals surface area contributed by atoms with Gasteiger partial charge in [-0.2, -0.15) is 0 Å². The van der Waals surface area contributed by atoms with E-state index in [0.717, 1.165) is 4.90 Å². The molecule has 1 saturated heterocycles. The fourth-order valence-electron chi connectivity index (χ4n) is 2.17. The Morgan fingerprint density at radius 3 is 2.37 bits per heavy atom. The van der Waals surface area contributed by atoms with Crippen LogP contribution in [0.3, 0.4) is 0 Å². The molecule has 4 amide bonds. The summed E-state index contributed by atoms with van der Waals surface area (Å²) in [6.07, 6.45) is 0.598. The number of imide groups is 1. The molecule has 0 spiro atoms. The van der Waals surface area contributed by atoms with Gasteiger partial charge in [0, 0.05) is 13.1 Å². The Morgan fingerprint density at radius 1 is 1.32 bits per heavy atom. The van der Waals surface area contributed by atoms with Crippen molar-refractivity contribution in [1.82, 2.24) is 15.1 Å². The average Bonchev–Trinajstić information content (AvgIpc) is 2.58. The number of nitrogens with zero attached hydrogens (tertiary/aromatic N) is 2. The van der Waals surface area contributed by atoms with Crippen LogP contribution in [-0.4, -0.2) is 53.3 Å². The van der Waals surface area contributed by atoms with Gasteiger partial charge in [0.1, 0.15) is 12.6 Å². The molecule has 1 N–H and O–H groups in total. The van der Waals surface area contributed by atoms with Gasteiger partial charge in [-0.1, -0.05) is 13.8 Å². The second kappa shape index (κ2) is 6.54. The van der Waals surface area contributed by atoms with E-state index in [1.807, 2.05) is 27.7 Å². The summed E-state index contributed by atoms with van der Waals surface area (Å²) in [5, 5.41) is 2.63. The molecule has 0 saturated carbocycles. The maximum atomic E-state index is 12.1. The highest BCUT2D eigenvalue weighted by molar-refractivity contribution is 6.06. The topological polar surface area (TPSA) is 69.7 Å². The summed E-state index contributed by atoms with van der Waals surface area (Å²) in [6.45, 7) is 8.71. The van der Waals surface area contributed by atoms with Crippen LogP contribution in [-0.2, 0) is 9.59 Å². The van der Waals surface area contributed by atoms with Crippen LogP contribution in [0.4, 0.5) is 4.79 Å². The summed E-state index contributed by atoms with van der Waals surface area (Å²) in [6, 6.07) is -0.951. The SMILES string of the molecule is CCN(CC)C(=O)CN1C(=O)NC(CC(C)C)C1=O. The number of hydrogen-bond donors (Lipinski definition) is 1. The number of carbonyl (C=O) groups excluding carboxylic acids is 3. The minimum absolute atomic E-state index is 0.166. The Hall–Kier alpha value is -1.59. The monoisotopic (exact) mass is 269 g/mol. The normalized spacial score (nSPS) is 19.0. The van der Waals surface area contributed by atoms with Crippen LogP contribution in [0, 0.1) is 5.92 Å². The van der Waals surface area contributed by atoms with E-state index in [0.29, 0.717) is 25.4 Å². The van der Waals surface area contributed by atoms with Gasteiger partial charge in [0.15, 0.2) is 0 Å². The predicted molar refractivity (Wildman–Crippen MR) is 71.4 cm³/mol. The first kappa shape index (κ1) is 15.5. The Morgan fingerprint density at radius 2 is 1.89 bits per heavy atom. The van der Waals surface area contributed by atoms with E-state index in [-0.39, 0.29) is 18.4 Å². The summed E-state index contributed by atoms with van der Waals surface area (Å²) in [5.74, 6) is -0.175. The Kier molecular flexibility index (Phi) is 5.32. The number of hydrogen-bond acceptors (Lipinski definition) is 3. The fraction of sp³-hybridized carbons (Fsp3) is 0.769. The molecule has 19 heavy (non-hydrogen) atoms. The molecule has 0 bridgehead atoms. The van der Waals surface area contributed by atoms with Crippen LogP contribution < -0.4 is 5.32 Å². The van der Waals surface area contributed by atoms with Gasteiger partial charge in [-0.25, -0.2) is 4.79 Å². The van der Waals surface area contributed by atoms with Crippen molar-refractivity contribution in [3.8, 4) is 0 Å². The van der Waals surface area contributed by atoms with Crippen LogP contribution in [0.2, 0.25) is 0 Å². The van der Waals surface area contributed by atoms with Gasteiger partial charge in [0.05, 0.1) is 0 Å². The summed E-state index contributed by atoms with van der Waals surface area (Å²) in [4.78, 5) is 38.4. The van der Waals surface area contributed by atoms with Gasteiger partial charge in [-0.15, -0.1) is 0 Å². The summed E-state index contributed by atoms with van der Waals surface area (Å²) in [5.41, 5.74) is 0. The molecular weight excluding hydrogens is 246 g/mol. The second-order valence-electron chi connectivity index (χ2n) is 5.12. The highest BCUT2D eigenvalue weighted by atomic mass is 16.2. The molecule has 6 heteroatoms. The van der Waals surface area contributed by atoms with E-state index in [1.54, 1.807) is 4.90 Å². The van der Waals surface area contributed by atoms with Gasteiger partial charge in [0.25, 0.3) is 5.91 Å². The fourth-order valence-corrected chi connectivity index (χ4v) is 2.17. The molecule has 0 aromatic rings. The van der Waals surface area contributed by atoms with E-state index in [2.05, 4.69) is 5.32 Å². The number of likely N-dealkylation sites (N-methyl/N-ethyl adjacent to an activating group) is 1. The van der Waals surface area contributed by atoms with Crippen LogP contribution in [0.25, 0.3) is 0 Å². The van der Waals surface area contributed by atoms with Gasteiger partial charge < -0.3 is 10.2 Å². The number of amides is 4. The molecule has 1 unspecified atom stereocenters. The van der Waals surface area contributed by atoms with Crippen molar-refractivity contribution < 1.29 is 14.4 Å². The van der Waals surface area contributed by atoms with Crippen molar-refractivity contribution in [2.24, 2.45) is 5.92 Å². The molecule has 0 aromatic heterocycles. The molecule has 0 aromatic carbocycles. The summed E-state index contributed by atoms with van der Waals surface area (Å²) < 4.78 is 0. The number of rotatable bonds is 6. The lowest BCUT2D eigenvalue weighted by atomic mass is 10.0. The molecule has 0 aliphatic carbocycles. The van der Waals surface area contributed by atoms with Crippen molar-refractivity contribution in [2.75, 3.05) is 19.6 Å². The largest absolute Gasteiger partial charge is 0.342 e. The molecule has 1 aliphatic heterocycles. The maximum Gasteiger partial charge on any atom is 0.325 e. The lowest BCUT2D eigenvalue weighted by molar-refractivity contribution is -0.137. The molecule has 0 radical (unpaired) electrons. The molecule has 1 atom stereocenters. The summed E-state index contributed by atoms with van der Waals surface area (Å²) >= 11 is 0. The molecule has 1 heterocycles. The first-order valence-corrected chi connectivity index (χ1v) is 6.80. The lowest BCUT2D eigenvalue weighted by Gasteiger charge is -2.21. The number of urea groups is 1. The minimum Gasteiger partial charge on any atom is -0.342 e. The number of nitrogens with one attached hydrogen (secondary N) is 1. The van der Waals surface area contributed by atoms with Crippen LogP contribution in [0.1, 0.15) is 34.1 Å². The molecule has 1 aliphatic rings. The molecule has 1 fully saturated rings. The van der Waals surface area contributed by atoms with Crippen LogP contribution >= 0.6 is 0 Å². The van der Waals surface area contributed by atoms with E-state index < -0.39 is 12.1 Å². The number of carbonyl (C=O) groups is 3. The molecule has 1 rings (SSSR count). The quantitative estimate of drug-likeness (QED) is 0.726. The molecular formula is C13H23N3O3.